The Kier molecular flexibility index (Phi) is 8.58. The van der Waals surface area contributed by atoms with Crippen LogP contribution in [0.2, 0.25) is 0 Å². The summed E-state index contributed by atoms with van der Waals surface area (Å²) in [6, 6.07) is 0. The predicted molar refractivity (Wildman–Crippen MR) is 66.0 cm³/mol. The van der Waals surface area contributed by atoms with Gasteiger partial charge in [0.25, 0.3) is 0 Å². The van der Waals surface area contributed by atoms with Crippen molar-refractivity contribution >= 4 is 8.88 Å². The van der Waals surface area contributed by atoms with Crippen molar-refractivity contribution in [2.75, 3.05) is 27.3 Å². The third kappa shape index (κ3) is 5.23. The van der Waals surface area contributed by atoms with Crippen LogP contribution in [-0.2, 0) is 9.47 Å². The second kappa shape index (κ2) is 8.43. The summed E-state index contributed by atoms with van der Waals surface area (Å²) >= 11 is 0. The fraction of sp³-hybridized carbons (Fsp3) is 1.00. The van der Waals surface area contributed by atoms with Crippen molar-refractivity contribution in [2.24, 2.45) is 0 Å². The van der Waals surface area contributed by atoms with Crippen LogP contribution in [0.5, 0.6) is 0 Å². The molecule has 0 aliphatic carbocycles. The van der Waals surface area contributed by atoms with E-state index in [4.69, 9.17) is 9.47 Å². The van der Waals surface area contributed by atoms with Gasteiger partial charge in [-0.25, -0.2) is 4.67 Å². The zero-order valence-electron chi connectivity index (χ0n) is 10.8. The molecule has 0 aromatic rings. The zero-order valence-corrected chi connectivity index (χ0v) is 11.8. The maximum absolute atomic E-state index is 5.35. The summed E-state index contributed by atoms with van der Waals surface area (Å²) in [4.78, 5) is 0. The van der Waals surface area contributed by atoms with Crippen LogP contribution in [-0.4, -0.2) is 49.1 Å². The monoisotopic (exact) mass is 236 g/mol. The molecule has 0 bridgehead atoms. The Morgan fingerprint density at radius 3 is 1.67 bits per heavy atom. The van der Waals surface area contributed by atoms with E-state index in [0.29, 0.717) is 8.88 Å². The molecule has 0 fully saturated rings. The second-order valence-corrected chi connectivity index (χ2v) is 4.70. The number of hydrogen-bond acceptors (Lipinski definition) is 4. The molecule has 0 amide bonds. The van der Waals surface area contributed by atoms with Gasteiger partial charge >= 0.3 is 0 Å². The van der Waals surface area contributed by atoms with Gasteiger partial charge < -0.3 is 9.47 Å². The van der Waals surface area contributed by atoms with Gasteiger partial charge in [0, 0.05) is 36.2 Å². The van der Waals surface area contributed by atoms with E-state index in [0.717, 1.165) is 13.1 Å². The molecule has 15 heavy (non-hydrogen) atoms. The lowest BCUT2D eigenvalue weighted by molar-refractivity contribution is -0.0641. The number of ether oxygens (including phenoxy) is 2. The van der Waals surface area contributed by atoms with Crippen molar-refractivity contribution in [3.05, 3.63) is 0 Å². The lowest BCUT2D eigenvalue weighted by atomic mass is 10.5. The number of rotatable bonds is 8. The van der Waals surface area contributed by atoms with Crippen LogP contribution in [0.25, 0.3) is 0 Å². The molecule has 92 valence electrons. The highest BCUT2D eigenvalue weighted by Crippen LogP contribution is 2.28. The van der Waals surface area contributed by atoms with E-state index in [9.17, 15) is 0 Å². The molecule has 0 saturated heterocycles. The van der Waals surface area contributed by atoms with E-state index in [1.165, 1.54) is 0 Å². The lowest BCUT2D eigenvalue weighted by Gasteiger charge is -2.35. The first-order chi connectivity index (χ1) is 7.10. The number of methoxy groups -OCH3 is 2. The summed E-state index contributed by atoms with van der Waals surface area (Å²) < 4.78 is 15.3. The van der Waals surface area contributed by atoms with Gasteiger partial charge in [-0.05, 0) is 13.8 Å². The van der Waals surface area contributed by atoms with Gasteiger partial charge in [0.2, 0.25) is 0 Å². The SMILES string of the molecule is CCN(CC)PN(C(C)OC)C(C)OC. The Hall–Kier alpha value is 0.270. The van der Waals surface area contributed by atoms with E-state index in [2.05, 4.69) is 23.2 Å². The molecular weight excluding hydrogens is 211 g/mol. The van der Waals surface area contributed by atoms with Crippen LogP contribution in [0.15, 0.2) is 0 Å². The molecule has 0 aromatic carbocycles. The van der Waals surface area contributed by atoms with Crippen LogP contribution in [0.4, 0.5) is 0 Å². The van der Waals surface area contributed by atoms with Gasteiger partial charge in [0.15, 0.2) is 0 Å². The first-order valence-electron chi connectivity index (χ1n) is 5.45. The van der Waals surface area contributed by atoms with Crippen LogP contribution in [0.1, 0.15) is 27.7 Å². The van der Waals surface area contributed by atoms with Gasteiger partial charge in [-0.2, -0.15) is 0 Å². The third-order valence-corrected chi connectivity index (χ3v) is 4.36. The van der Waals surface area contributed by atoms with E-state index in [1.54, 1.807) is 14.2 Å². The quantitative estimate of drug-likeness (QED) is 0.476. The molecule has 3 unspecified atom stereocenters. The summed E-state index contributed by atoms with van der Waals surface area (Å²) in [6.45, 7) is 10.5. The molecular formula is C10H25N2O2P. The highest BCUT2D eigenvalue weighted by Gasteiger charge is 2.21. The topological polar surface area (TPSA) is 24.9 Å². The lowest BCUT2D eigenvalue weighted by Crippen LogP contribution is -2.38. The molecule has 0 aliphatic heterocycles. The molecule has 0 N–H and O–H groups in total. The molecule has 5 heteroatoms. The summed E-state index contributed by atoms with van der Waals surface area (Å²) in [7, 11) is 4.06. The molecule has 0 saturated carbocycles. The molecule has 0 rings (SSSR count). The van der Waals surface area contributed by atoms with Crippen molar-refractivity contribution in [2.45, 2.75) is 40.2 Å². The highest BCUT2D eigenvalue weighted by molar-refractivity contribution is 7.32. The average molecular weight is 236 g/mol. The molecule has 0 aliphatic rings. The second-order valence-electron chi connectivity index (χ2n) is 3.35. The van der Waals surface area contributed by atoms with Crippen molar-refractivity contribution in [1.82, 2.24) is 9.34 Å². The molecule has 3 atom stereocenters. The Morgan fingerprint density at radius 2 is 1.40 bits per heavy atom. The summed E-state index contributed by atoms with van der Waals surface area (Å²) in [5.74, 6) is 0. The molecule has 4 nitrogen and oxygen atoms in total. The fourth-order valence-electron chi connectivity index (χ4n) is 1.21. The summed E-state index contributed by atoms with van der Waals surface area (Å²) in [5, 5.41) is 0. The van der Waals surface area contributed by atoms with E-state index < -0.39 is 0 Å². The van der Waals surface area contributed by atoms with Crippen molar-refractivity contribution in [1.29, 1.82) is 0 Å². The first kappa shape index (κ1) is 15.3. The van der Waals surface area contributed by atoms with E-state index in [-0.39, 0.29) is 12.5 Å². The molecule has 0 radical (unpaired) electrons. The van der Waals surface area contributed by atoms with Crippen LogP contribution in [0, 0.1) is 0 Å². The molecule has 0 aromatic heterocycles. The number of nitrogens with zero attached hydrogens (tertiary/aromatic N) is 2. The minimum atomic E-state index is 0.0823. The predicted octanol–water partition coefficient (Wildman–Crippen LogP) is 2.12. The van der Waals surface area contributed by atoms with Crippen LogP contribution < -0.4 is 0 Å². The van der Waals surface area contributed by atoms with Gasteiger partial charge in [-0.15, -0.1) is 0 Å². The Morgan fingerprint density at radius 1 is 1.00 bits per heavy atom. The smallest absolute Gasteiger partial charge is 0.113 e. The van der Waals surface area contributed by atoms with Crippen molar-refractivity contribution < 1.29 is 9.47 Å². The third-order valence-electron chi connectivity index (χ3n) is 2.49. The Balaban J connectivity index is 4.35. The van der Waals surface area contributed by atoms with Gasteiger partial charge in [-0.1, -0.05) is 13.8 Å². The first-order valence-corrected chi connectivity index (χ1v) is 6.35. The van der Waals surface area contributed by atoms with Gasteiger partial charge in [-0.3, -0.25) is 4.67 Å². The van der Waals surface area contributed by atoms with E-state index >= 15 is 0 Å². The van der Waals surface area contributed by atoms with Crippen molar-refractivity contribution in [3.8, 4) is 0 Å². The number of hydrogen-bond donors (Lipinski definition) is 0. The van der Waals surface area contributed by atoms with Crippen LogP contribution >= 0.6 is 8.88 Å². The minimum absolute atomic E-state index is 0.0823. The van der Waals surface area contributed by atoms with Gasteiger partial charge in [0.05, 0.1) is 0 Å². The maximum atomic E-state index is 5.35. The Labute approximate surface area is 95.8 Å². The standard InChI is InChI=1S/C10H25N2O2P/c1-7-11(8-2)15-12(9(3)13-5)10(4)14-6/h9-10,15H,7-8H2,1-6H3. The highest BCUT2D eigenvalue weighted by atomic mass is 31.1. The largest absolute Gasteiger partial charge is 0.366 e. The fourth-order valence-corrected chi connectivity index (χ4v) is 2.36. The zero-order chi connectivity index (χ0) is 11.8. The normalized spacial score (nSPS) is 16.8. The average Bonchev–Trinajstić information content (AvgIpc) is 2.29. The van der Waals surface area contributed by atoms with E-state index in [1.807, 2.05) is 13.8 Å². The summed E-state index contributed by atoms with van der Waals surface area (Å²) in [6.07, 6.45) is 0.165. The molecule has 0 spiro atoms. The Bertz CT molecular complexity index is 146. The molecule has 0 heterocycles. The van der Waals surface area contributed by atoms with Gasteiger partial charge in [0.1, 0.15) is 12.5 Å². The summed E-state index contributed by atoms with van der Waals surface area (Å²) in [5.41, 5.74) is 0. The van der Waals surface area contributed by atoms with Crippen LogP contribution in [0.3, 0.4) is 0 Å². The maximum Gasteiger partial charge on any atom is 0.113 e. The van der Waals surface area contributed by atoms with Crippen molar-refractivity contribution in [3.63, 3.8) is 0 Å². The minimum Gasteiger partial charge on any atom is -0.366 e.